The van der Waals surface area contributed by atoms with Gasteiger partial charge in [0.15, 0.2) is 6.17 Å². The largest absolute Gasteiger partial charge is 0.366 e. The second kappa shape index (κ2) is 7.51. The first-order valence-electron chi connectivity index (χ1n) is 9.85. The van der Waals surface area contributed by atoms with Crippen molar-refractivity contribution in [1.82, 2.24) is 11.0 Å². The van der Waals surface area contributed by atoms with E-state index in [-0.39, 0.29) is 6.04 Å². The van der Waals surface area contributed by atoms with Crippen LogP contribution in [-0.4, -0.2) is 24.0 Å². The van der Waals surface area contributed by atoms with Crippen molar-refractivity contribution in [1.29, 1.82) is 0 Å². The Labute approximate surface area is 174 Å². The van der Waals surface area contributed by atoms with E-state index in [0.717, 1.165) is 22.3 Å². The molecular weight excluding hydrogens is 382 g/mol. The normalized spacial score (nSPS) is 19.9. The first-order chi connectivity index (χ1) is 14.3. The van der Waals surface area contributed by atoms with Crippen molar-refractivity contribution in [3.63, 3.8) is 0 Å². The fourth-order valence-electron chi connectivity index (χ4n) is 4.75. The molecule has 1 aliphatic carbocycles. The zero-order valence-corrected chi connectivity index (χ0v) is 16.7. The fourth-order valence-corrected chi connectivity index (χ4v) is 4.75. The van der Waals surface area contributed by atoms with E-state index in [1.54, 1.807) is 12.1 Å². The van der Waals surface area contributed by atoms with Gasteiger partial charge in [0.25, 0.3) is 0 Å². The van der Waals surface area contributed by atoms with Crippen molar-refractivity contribution in [2.45, 2.75) is 43.8 Å². The van der Waals surface area contributed by atoms with Gasteiger partial charge in [-0.25, -0.2) is 5.53 Å². The van der Waals surface area contributed by atoms with Gasteiger partial charge in [-0.05, 0) is 72.7 Å². The summed E-state index contributed by atoms with van der Waals surface area (Å²) >= 11 is 0. The summed E-state index contributed by atoms with van der Waals surface area (Å²) in [5.74, 6) is -0.956. The zero-order valence-electron chi connectivity index (χ0n) is 16.7. The van der Waals surface area contributed by atoms with Gasteiger partial charge >= 0.3 is 0 Å². The van der Waals surface area contributed by atoms with E-state index in [1.807, 2.05) is 31.2 Å². The quantitative estimate of drug-likeness (QED) is 0.495. The number of nitrogens with two attached hydrogens (primary N) is 3. The van der Waals surface area contributed by atoms with Crippen molar-refractivity contribution in [2.24, 2.45) is 27.5 Å². The molecule has 0 spiro atoms. The fraction of sp³-hybridized carbons (Fsp3) is 0.333. The standard InChI is InChI=1S/C21H25N7O2/c1-11(22)10-21(20-25-27-28-26-20)16-6-4-14(18(23)29)8-12(16)2-3-13-9-15(19(24)30)5-7-17(13)21/h4-9,11,20H,2-3,10,22H2,1H3,(H2,23,29)(H2,24,30)(H,25,28)(H,26,27)/t11-/m0/s1. The van der Waals surface area contributed by atoms with Crippen molar-refractivity contribution in [2.75, 3.05) is 0 Å². The molecule has 9 heteroatoms. The lowest BCUT2D eigenvalue weighted by Crippen LogP contribution is -2.51. The van der Waals surface area contributed by atoms with Gasteiger partial charge in [0.05, 0.1) is 5.41 Å². The van der Waals surface area contributed by atoms with Crippen LogP contribution in [0.2, 0.25) is 0 Å². The molecule has 0 bridgehead atoms. The lowest BCUT2D eigenvalue weighted by atomic mass is 9.66. The highest BCUT2D eigenvalue weighted by molar-refractivity contribution is 5.94. The first-order valence-corrected chi connectivity index (χ1v) is 9.85. The van der Waals surface area contributed by atoms with Crippen molar-refractivity contribution in [3.05, 3.63) is 69.8 Å². The molecule has 1 heterocycles. The van der Waals surface area contributed by atoms with Crippen LogP contribution in [0.1, 0.15) is 56.3 Å². The Morgan fingerprint density at radius 1 is 1.07 bits per heavy atom. The number of carbonyl (C=O) groups excluding carboxylic acids is 2. The zero-order chi connectivity index (χ0) is 21.5. The second-order valence-corrected chi connectivity index (χ2v) is 8.00. The van der Waals surface area contributed by atoms with Gasteiger partial charge in [-0.1, -0.05) is 17.4 Å². The Hall–Kier alpha value is -3.30. The summed E-state index contributed by atoms with van der Waals surface area (Å²) in [5, 5.41) is 8.34. The van der Waals surface area contributed by atoms with Gasteiger partial charge in [0, 0.05) is 17.2 Å². The van der Waals surface area contributed by atoms with Crippen molar-refractivity contribution in [3.8, 4) is 0 Å². The Morgan fingerprint density at radius 2 is 1.60 bits per heavy atom. The molecular formula is C21H25N7O2. The van der Waals surface area contributed by atoms with Gasteiger partial charge in [-0.3, -0.25) is 9.59 Å². The lowest BCUT2D eigenvalue weighted by Gasteiger charge is -2.40. The van der Waals surface area contributed by atoms with E-state index < -0.39 is 23.4 Å². The molecule has 1 unspecified atom stereocenters. The highest BCUT2D eigenvalue weighted by Crippen LogP contribution is 2.46. The third-order valence-electron chi connectivity index (χ3n) is 5.94. The Balaban J connectivity index is 2.02. The smallest absolute Gasteiger partial charge is 0.248 e. The number of nitrogens with zero attached hydrogens (tertiary/aromatic N) is 2. The third kappa shape index (κ3) is 3.21. The maximum atomic E-state index is 11.8. The number of rotatable bonds is 5. The summed E-state index contributed by atoms with van der Waals surface area (Å²) in [6.45, 7) is 1.95. The van der Waals surface area contributed by atoms with E-state index >= 15 is 0 Å². The summed E-state index contributed by atoms with van der Waals surface area (Å²) < 4.78 is 0. The van der Waals surface area contributed by atoms with Crippen LogP contribution in [-0.2, 0) is 18.3 Å². The van der Waals surface area contributed by atoms with E-state index in [4.69, 9.17) is 17.2 Å². The van der Waals surface area contributed by atoms with Crippen LogP contribution in [0.3, 0.4) is 0 Å². The molecule has 2 aliphatic rings. The average Bonchev–Trinajstić information content (AvgIpc) is 3.21. The number of fused-ring (bicyclic) bond motifs is 2. The number of hydrogen-bond acceptors (Lipinski definition) is 7. The van der Waals surface area contributed by atoms with Crippen LogP contribution in [0.4, 0.5) is 0 Å². The molecule has 4 rings (SSSR count). The Morgan fingerprint density at radius 3 is 2.00 bits per heavy atom. The maximum absolute atomic E-state index is 11.8. The second-order valence-electron chi connectivity index (χ2n) is 8.00. The van der Waals surface area contributed by atoms with E-state index in [0.29, 0.717) is 30.4 Å². The molecule has 2 aromatic rings. The number of hydrogen-bond donors (Lipinski definition) is 5. The Bertz CT molecular complexity index is 982. The molecule has 9 nitrogen and oxygen atoms in total. The minimum Gasteiger partial charge on any atom is -0.366 e. The van der Waals surface area contributed by atoms with E-state index in [1.165, 1.54) is 0 Å². The molecule has 2 amide bonds. The first kappa shape index (κ1) is 20.0. The van der Waals surface area contributed by atoms with Crippen molar-refractivity contribution >= 4 is 11.8 Å². The maximum Gasteiger partial charge on any atom is 0.248 e. The predicted octanol–water partition coefficient (Wildman–Crippen LogP) is 0.808. The van der Waals surface area contributed by atoms with E-state index in [9.17, 15) is 9.59 Å². The monoisotopic (exact) mass is 407 g/mol. The molecule has 0 fully saturated rings. The average molecular weight is 407 g/mol. The third-order valence-corrected chi connectivity index (χ3v) is 5.94. The lowest BCUT2D eigenvalue weighted by molar-refractivity contribution is 0.0991. The SMILES string of the molecule is C[C@H](N)CC1(C2N=NNN2)c2ccc(C(N)=O)cc2CCc2cc(C(N)=O)ccc21. The molecule has 1 aliphatic heterocycles. The van der Waals surface area contributed by atoms with Crippen LogP contribution in [0.15, 0.2) is 46.7 Å². The summed E-state index contributed by atoms with van der Waals surface area (Å²) in [4.78, 5) is 23.6. The number of carbonyl (C=O) groups is 2. The number of nitrogens with one attached hydrogen (secondary N) is 2. The van der Waals surface area contributed by atoms with Gasteiger partial charge in [0.1, 0.15) is 0 Å². The van der Waals surface area contributed by atoms with Gasteiger partial charge in [-0.15, -0.1) is 5.11 Å². The summed E-state index contributed by atoms with van der Waals surface area (Å²) in [6.07, 6.45) is 1.47. The molecule has 0 aromatic heterocycles. The number of hydrazine groups is 1. The van der Waals surface area contributed by atoms with Gasteiger partial charge < -0.3 is 17.2 Å². The molecule has 0 saturated heterocycles. The summed E-state index contributed by atoms with van der Waals surface area (Å²) in [7, 11) is 0. The molecule has 0 radical (unpaired) electrons. The van der Waals surface area contributed by atoms with Crippen molar-refractivity contribution < 1.29 is 9.59 Å². The Kier molecular flexibility index (Phi) is 5.00. The highest BCUT2D eigenvalue weighted by Gasteiger charge is 2.48. The van der Waals surface area contributed by atoms with Crippen LogP contribution >= 0.6 is 0 Å². The minimum atomic E-state index is -0.672. The van der Waals surface area contributed by atoms with Crippen LogP contribution < -0.4 is 28.2 Å². The van der Waals surface area contributed by atoms with Crippen LogP contribution in [0, 0.1) is 0 Å². The number of benzene rings is 2. The minimum absolute atomic E-state index is 0.159. The topological polar surface area (TPSA) is 161 Å². The summed E-state index contributed by atoms with van der Waals surface area (Å²) in [6, 6.07) is 10.9. The molecule has 2 aromatic carbocycles. The van der Waals surface area contributed by atoms with E-state index in [2.05, 4.69) is 21.3 Å². The molecule has 8 N–H and O–H groups in total. The number of primary amides is 2. The molecule has 156 valence electrons. The molecule has 0 saturated carbocycles. The van der Waals surface area contributed by atoms with Gasteiger partial charge in [0.2, 0.25) is 11.8 Å². The number of amides is 2. The highest BCUT2D eigenvalue weighted by atomic mass is 16.1. The molecule has 30 heavy (non-hydrogen) atoms. The van der Waals surface area contributed by atoms with Crippen LogP contribution in [0.25, 0.3) is 0 Å². The van der Waals surface area contributed by atoms with Crippen LogP contribution in [0.5, 0.6) is 0 Å². The summed E-state index contributed by atoms with van der Waals surface area (Å²) in [5.41, 5.74) is 27.5. The molecule has 2 atom stereocenters. The predicted molar refractivity (Wildman–Crippen MR) is 111 cm³/mol. The number of aryl methyl sites for hydroxylation is 2. The van der Waals surface area contributed by atoms with Gasteiger partial charge in [-0.2, -0.15) is 5.43 Å².